The van der Waals surface area contributed by atoms with Crippen molar-refractivity contribution in [3.63, 3.8) is 0 Å². The summed E-state index contributed by atoms with van der Waals surface area (Å²) >= 11 is 0. The van der Waals surface area contributed by atoms with Crippen LogP contribution in [0.2, 0.25) is 0 Å². The van der Waals surface area contributed by atoms with Crippen molar-refractivity contribution in [2.45, 2.75) is 19.9 Å². The Morgan fingerprint density at radius 2 is 1.71 bits per heavy atom. The Labute approximate surface area is 123 Å². The third kappa shape index (κ3) is 2.55. The van der Waals surface area contributed by atoms with E-state index in [0.29, 0.717) is 12.2 Å². The van der Waals surface area contributed by atoms with Gasteiger partial charge in [0.25, 0.3) is 0 Å². The summed E-state index contributed by atoms with van der Waals surface area (Å²) in [5.41, 5.74) is 3.68. The fourth-order valence-corrected chi connectivity index (χ4v) is 2.62. The summed E-state index contributed by atoms with van der Waals surface area (Å²) in [5.74, 6) is -0.892. The SMILES string of the molecule is CCc1ccc(Cn2c(C(=O)O)cc3ccccc32)cc1. The highest BCUT2D eigenvalue weighted by Gasteiger charge is 2.14. The molecule has 3 heteroatoms. The zero-order chi connectivity index (χ0) is 14.8. The molecule has 0 aliphatic rings. The lowest BCUT2D eigenvalue weighted by Gasteiger charge is -2.09. The van der Waals surface area contributed by atoms with Crippen LogP contribution < -0.4 is 0 Å². The first-order valence-electron chi connectivity index (χ1n) is 7.08. The second-order valence-electron chi connectivity index (χ2n) is 5.15. The van der Waals surface area contributed by atoms with Gasteiger partial charge in [-0.1, -0.05) is 49.4 Å². The number of aryl methyl sites for hydroxylation is 1. The zero-order valence-electron chi connectivity index (χ0n) is 11.9. The molecular formula is C18H17NO2. The van der Waals surface area contributed by atoms with Gasteiger partial charge in [-0.25, -0.2) is 4.79 Å². The average Bonchev–Trinajstić information content (AvgIpc) is 2.87. The maximum atomic E-state index is 11.5. The van der Waals surface area contributed by atoms with Crippen molar-refractivity contribution in [1.29, 1.82) is 0 Å². The van der Waals surface area contributed by atoms with E-state index in [4.69, 9.17) is 0 Å². The second-order valence-corrected chi connectivity index (χ2v) is 5.15. The minimum atomic E-state index is -0.892. The number of rotatable bonds is 4. The van der Waals surface area contributed by atoms with Crippen LogP contribution in [0.25, 0.3) is 10.9 Å². The summed E-state index contributed by atoms with van der Waals surface area (Å²) in [4.78, 5) is 11.5. The van der Waals surface area contributed by atoms with E-state index in [1.807, 2.05) is 28.8 Å². The molecule has 0 radical (unpaired) electrons. The molecule has 1 heterocycles. The number of aromatic carboxylic acids is 1. The van der Waals surface area contributed by atoms with E-state index in [1.54, 1.807) is 6.07 Å². The van der Waals surface area contributed by atoms with Gasteiger partial charge in [0.1, 0.15) is 5.69 Å². The van der Waals surface area contributed by atoms with Gasteiger partial charge >= 0.3 is 5.97 Å². The molecule has 0 fully saturated rings. The number of fused-ring (bicyclic) bond motifs is 1. The van der Waals surface area contributed by atoms with Crippen LogP contribution in [0.15, 0.2) is 54.6 Å². The maximum Gasteiger partial charge on any atom is 0.352 e. The summed E-state index contributed by atoms with van der Waals surface area (Å²) in [7, 11) is 0. The molecule has 0 bridgehead atoms. The highest BCUT2D eigenvalue weighted by molar-refractivity contribution is 5.94. The predicted molar refractivity (Wildman–Crippen MR) is 83.8 cm³/mol. The molecule has 2 aromatic carbocycles. The molecule has 106 valence electrons. The first kappa shape index (κ1) is 13.4. The lowest BCUT2D eigenvalue weighted by atomic mass is 10.1. The van der Waals surface area contributed by atoms with Gasteiger partial charge in [-0.2, -0.15) is 0 Å². The third-order valence-corrected chi connectivity index (χ3v) is 3.80. The van der Waals surface area contributed by atoms with Crippen LogP contribution in [-0.2, 0) is 13.0 Å². The van der Waals surface area contributed by atoms with Gasteiger partial charge < -0.3 is 9.67 Å². The molecule has 0 aliphatic heterocycles. The van der Waals surface area contributed by atoms with Crippen LogP contribution in [0.5, 0.6) is 0 Å². The summed E-state index contributed by atoms with van der Waals surface area (Å²) < 4.78 is 1.86. The van der Waals surface area contributed by atoms with Crippen LogP contribution >= 0.6 is 0 Å². The Morgan fingerprint density at radius 1 is 1.05 bits per heavy atom. The van der Waals surface area contributed by atoms with Crippen molar-refractivity contribution in [3.8, 4) is 0 Å². The van der Waals surface area contributed by atoms with Crippen LogP contribution in [0.1, 0.15) is 28.5 Å². The lowest BCUT2D eigenvalue weighted by Crippen LogP contribution is -2.09. The largest absolute Gasteiger partial charge is 0.477 e. The number of para-hydroxylation sites is 1. The van der Waals surface area contributed by atoms with Crippen LogP contribution in [-0.4, -0.2) is 15.6 Å². The van der Waals surface area contributed by atoms with E-state index >= 15 is 0 Å². The van der Waals surface area contributed by atoms with Gasteiger partial charge in [-0.3, -0.25) is 0 Å². The third-order valence-electron chi connectivity index (χ3n) is 3.80. The quantitative estimate of drug-likeness (QED) is 0.785. The van der Waals surface area contributed by atoms with Crippen molar-refractivity contribution in [1.82, 2.24) is 4.57 Å². The van der Waals surface area contributed by atoms with Crippen molar-refractivity contribution >= 4 is 16.9 Å². The first-order chi connectivity index (χ1) is 10.2. The maximum absolute atomic E-state index is 11.5. The van der Waals surface area contributed by atoms with E-state index < -0.39 is 5.97 Å². The Kier molecular flexibility index (Phi) is 3.48. The summed E-state index contributed by atoms with van der Waals surface area (Å²) in [6, 6.07) is 17.8. The van der Waals surface area contributed by atoms with E-state index in [0.717, 1.165) is 22.9 Å². The van der Waals surface area contributed by atoms with Crippen LogP contribution in [0.3, 0.4) is 0 Å². The molecule has 21 heavy (non-hydrogen) atoms. The van der Waals surface area contributed by atoms with E-state index in [1.165, 1.54) is 5.56 Å². The standard InChI is InChI=1S/C18H17NO2/c1-2-13-7-9-14(10-8-13)12-19-16-6-4-3-5-15(16)11-17(19)18(20)21/h3-11H,2,12H2,1H3,(H,20,21). The Morgan fingerprint density at radius 3 is 2.38 bits per heavy atom. The normalized spacial score (nSPS) is 10.9. The Balaban J connectivity index is 2.05. The van der Waals surface area contributed by atoms with Gasteiger partial charge in [0.05, 0.1) is 0 Å². The molecule has 3 nitrogen and oxygen atoms in total. The molecule has 0 saturated heterocycles. The zero-order valence-corrected chi connectivity index (χ0v) is 11.9. The highest BCUT2D eigenvalue weighted by atomic mass is 16.4. The molecule has 3 rings (SSSR count). The highest BCUT2D eigenvalue weighted by Crippen LogP contribution is 2.21. The predicted octanol–water partition coefficient (Wildman–Crippen LogP) is 3.95. The van der Waals surface area contributed by atoms with Gasteiger partial charge in [0, 0.05) is 17.4 Å². The number of carboxylic acids is 1. The minimum absolute atomic E-state index is 0.329. The molecule has 1 N–H and O–H groups in total. The number of nitrogens with zero attached hydrogens (tertiary/aromatic N) is 1. The van der Waals surface area contributed by atoms with Gasteiger partial charge in [0.15, 0.2) is 0 Å². The fraction of sp³-hybridized carbons (Fsp3) is 0.167. The molecule has 0 atom stereocenters. The molecule has 3 aromatic rings. The number of carboxylic acid groups (broad SMARTS) is 1. The smallest absolute Gasteiger partial charge is 0.352 e. The van der Waals surface area contributed by atoms with Gasteiger partial charge in [-0.15, -0.1) is 0 Å². The monoisotopic (exact) mass is 279 g/mol. The number of hydrogen-bond donors (Lipinski definition) is 1. The van der Waals surface area contributed by atoms with Crippen LogP contribution in [0.4, 0.5) is 0 Å². The fourth-order valence-electron chi connectivity index (χ4n) is 2.62. The average molecular weight is 279 g/mol. The first-order valence-corrected chi connectivity index (χ1v) is 7.08. The number of carbonyl (C=O) groups is 1. The Hall–Kier alpha value is -2.55. The molecule has 1 aromatic heterocycles. The van der Waals surface area contributed by atoms with Crippen molar-refractivity contribution in [3.05, 3.63) is 71.4 Å². The molecule has 0 amide bonds. The number of benzene rings is 2. The van der Waals surface area contributed by atoms with E-state index in [2.05, 4.69) is 31.2 Å². The molecule has 0 spiro atoms. The van der Waals surface area contributed by atoms with Crippen molar-refractivity contribution in [2.75, 3.05) is 0 Å². The minimum Gasteiger partial charge on any atom is -0.477 e. The Bertz CT molecular complexity index is 785. The summed E-state index contributed by atoms with van der Waals surface area (Å²) in [6.45, 7) is 2.69. The lowest BCUT2D eigenvalue weighted by molar-refractivity contribution is 0.0686. The van der Waals surface area contributed by atoms with Crippen LogP contribution in [0, 0.1) is 0 Å². The van der Waals surface area contributed by atoms with E-state index in [-0.39, 0.29) is 0 Å². The topological polar surface area (TPSA) is 42.2 Å². The molecular weight excluding hydrogens is 262 g/mol. The van der Waals surface area contributed by atoms with Gasteiger partial charge in [-0.05, 0) is 29.7 Å². The van der Waals surface area contributed by atoms with Crippen molar-refractivity contribution in [2.24, 2.45) is 0 Å². The summed E-state index contributed by atoms with van der Waals surface area (Å²) in [6.07, 6.45) is 1.01. The van der Waals surface area contributed by atoms with Crippen molar-refractivity contribution < 1.29 is 9.90 Å². The van der Waals surface area contributed by atoms with E-state index in [9.17, 15) is 9.90 Å². The number of hydrogen-bond acceptors (Lipinski definition) is 1. The summed E-state index contributed by atoms with van der Waals surface area (Å²) in [5, 5.41) is 10.4. The molecule has 0 aliphatic carbocycles. The second kappa shape index (κ2) is 5.44. The molecule has 0 unspecified atom stereocenters. The van der Waals surface area contributed by atoms with Gasteiger partial charge in [0.2, 0.25) is 0 Å². The molecule has 0 saturated carbocycles. The number of aromatic nitrogens is 1.